The van der Waals surface area contributed by atoms with Crippen molar-refractivity contribution in [2.24, 2.45) is 0 Å². The number of nitriles is 1. The largest absolute Gasteiger partial charge is 0.481 e. The second-order valence-corrected chi connectivity index (χ2v) is 3.99. The summed E-state index contributed by atoms with van der Waals surface area (Å²) in [5.41, 5.74) is 2.22. The molecule has 0 aliphatic carbocycles. The Morgan fingerprint density at radius 2 is 2.20 bits per heavy atom. The van der Waals surface area contributed by atoms with Crippen molar-refractivity contribution >= 4 is 21.9 Å². The van der Waals surface area contributed by atoms with Crippen molar-refractivity contribution in [3.05, 3.63) is 33.3 Å². The van der Waals surface area contributed by atoms with Crippen LogP contribution in [0.5, 0.6) is 0 Å². The highest BCUT2D eigenvalue weighted by atomic mass is 79.9. The molecule has 15 heavy (non-hydrogen) atoms. The smallest absolute Gasteiger partial charge is 0.307 e. The summed E-state index contributed by atoms with van der Waals surface area (Å²) in [6, 6.07) is 5.51. The molecule has 0 unspecified atom stereocenters. The van der Waals surface area contributed by atoms with Gasteiger partial charge in [-0.25, -0.2) is 0 Å². The summed E-state index contributed by atoms with van der Waals surface area (Å²) in [5, 5.41) is 17.5. The number of rotatable bonds is 3. The third-order valence-electron chi connectivity index (χ3n) is 2.13. The Kier molecular flexibility index (Phi) is 3.87. The summed E-state index contributed by atoms with van der Waals surface area (Å²) in [7, 11) is 0. The average Bonchev–Trinajstić information content (AvgIpc) is 2.17. The van der Waals surface area contributed by atoms with Gasteiger partial charge in [-0.2, -0.15) is 5.26 Å². The lowest BCUT2D eigenvalue weighted by molar-refractivity contribution is -0.136. The van der Waals surface area contributed by atoms with Crippen LogP contribution in [0.3, 0.4) is 0 Å². The van der Waals surface area contributed by atoms with E-state index in [-0.39, 0.29) is 6.42 Å². The maximum atomic E-state index is 10.6. The van der Waals surface area contributed by atoms with Gasteiger partial charge in [0.25, 0.3) is 0 Å². The molecule has 0 saturated carbocycles. The predicted octanol–water partition coefficient (Wildman–Crippen LogP) is 2.51. The summed E-state index contributed by atoms with van der Waals surface area (Å²) in [6.07, 6.45) is 0.720. The van der Waals surface area contributed by atoms with Gasteiger partial charge in [0, 0.05) is 4.47 Å². The Labute approximate surface area is 96.5 Å². The Bertz CT molecular complexity index is 435. The zero-order chi connectivity index (χ0) is 11.4. The first-order chi connectivity index (χ1) is 7.08. The number of carboxylic acids is 1. The third-order valence-corrected chi connectivity index (χ3v) is 2.79. The molecule has 0 spiro atoms. The molecule has 1 aromatic carbocycles. The van der Waals surface area contributed by atoms with Crippen LogP contribution in [0.15, 0.2) is 16.6 Å². The summed E-state index contributed by atoms with van der Waals surface area (Å²) in [6.45, 7) is 1.94. The number of hydrogen-bond acceptors (Lipinski definition) is 2. The Hall–Kier alpha value is -1.34. The van der Waals surface area contributed by atoms with Gasteiger partial charge in [-0.15, -0.1) is 0 Å². The molecule has 0 heterocycles. The first-order valence-electron chi connectivity index (χ1n) is 4.51. The standard InChI is InChI=1S/C11H10BrNO2/c1-2-7-3-9(6-13)10(12)4-8(7)5-11(14)15/h3-4H,2,5H2,1H3,(H,14,15). The molecule has 3 nitrogen and oxygen atoms in total. The molecule has 0 amide bonds. The molecular weight excluding hydrogens is 258 g/mol. The monoisotopic (exact) mass is 267 g/mol. The van der Waals surface area contributed by atoms with Gasteiger partial charge in [-0.3, -0.25) is 4.79 Å². The molecule has 0 fully saturated rings. The minimum absolute atomic E-state index is 0.00647. The first kappa shape index (κ1) is 11.7. The first-order valence-corrected chi connectivity index (χ1v) is 5.31. The van der Waals surface area contributed by atoms with Gasteiger partial charge >= 0.3 is 5.97 Å². The van der Waals surface area contributed by atoms with Crippen LogP contribution in [0.1, 0.15) is 23.6 Å². The molecule has 1 rings (SSSR count). The van der Waals surface area contributed by atoms with Crippen LogP contribution in [-0.4, -0.2) is 11.1 Å². The highest BCUT2D eigenvalue weighted by Crippen LogP contribution is 2.22. The van der Waals surface area contributed by atoms with Gasteiger partial charge in [0.1, 0.15) is 6.07 Å². The zero-order valence-corrected chi connectivity index (χ0v) is 9.84. The van der Waals surface area contributed by atoms with E-state index in [1.807, 2.05) is 6.92 Å². The van der Waals surface area contributed by atoms with Gasteiger partial charge in [0.05, 0.1) is 12.0 Å². The molecule has 0 bridgehead atoms. The molecule has 1 aromatic rings. The third kappa shape index (κ3) is 2.80. The van der Waals surface area contributed by atoms with E-state index in [9.17, 15) is 4.79 Å². The van der Waals surface area contributed by atoms with E-state index in [4.69, 9.17) is 10.4 Å². The van der Waals surface area contributed by atoms with E-state index in [1.54, 1.807) is 12.1 Å². The van der Waals surface area contributed by atoms with Crippen LogP contribution in [0.2, 0.25) is 0 Å². The summed E-state index contributed by atoms with van der Waals surface area (Å²) < 4.78 is 0.651. The van der Waals surface area contributed by atoms with Crippen LogP contribution in [-0.2, 0) is 17.6 Å². The van der Waals surface area contributed by atoms with Crippen molar-refractivity contribution in [3.63, 3.8) is 0 Å². The van der Waals surface area contributed by atoms with Gasteiger partial charge in [-0.1, -0.05) is 6.92 Å². The molecule has 0 aliphatic rings. The van der Waals surface area contributed by atoms with E-state index in [0.29, 0.717) is 10.0 Å². The number of aryl methyl sites for hydroxylation is 1. The van der Waals surface area contributed by atoms with Crippen molar-refractivity contribution in [3.8, 4) is 6.07 Å². The van der Waals surface area contributed by atoms with Crippen molar-refractivity contribution in [1.29, 1.82) is 5.26 Å². The van der Waals surface area contributed by atoms with Crippen LogP contribution >= 0.6 is 15.9 Å². The molecule has 0 atom stereocenters. The SMILES string of the molecule is CCc1cc(C#N)c(Br)cc1CC(=O)O. The van der Waals surface area contributed by atoms with Crippen molar-refractivity contribution in [2.45, 2.75) is 19.8 Å². The maximum absolute atomic E-state index is 10.6. The normalized spacial score (nSPS) is 9.67. The Morgan fingerprint density at radius 3 is 2.67 bits per heavy atom. The molecule has 1 N–H and O–H groups in total. The molecular formula is C11H10BrNO2. The zero-order valence-electron chi connectivity index (χ0n) is 8.25. The molecule has 0 saturated heterocycles. The number of benzene rings is 1. The van der Waals surface area contributed by atoms with E-state index in [0.717, 1.165) is 17.5 Å². The van der Waals surface area contributed by atoms with E-state index in [1.165, 1.54) is 0 Å². The number of carboxylic acid groups (broad SMARTS) is 1. The van der Waals surface area contributed by atoms with E-state index >= 15 is 0 Å². The second kappa shape index (κ2) is 4.94. The summed E-state index contributed by atoms with van der Waals surface area (Å²) >= 11 is 3.25. The number of halogens is 1. The van der Waals surface area contributed by atoms with E-state index in [2.05, 4.69) is 22.0 Å². The lowest BCUT2D eigenvalue weighted by atomic mass is 10.00. The molecule has 78 valence electrons. The van der Waals surface area contributed by atoms with Crippen LogP contribution in [0, 0.1) is 11.3 Å². The van der Waals surface area contributed by atoms with Crippen LogP contribution in [0.25, 0.3) is 0 Å². The topological polar surface area (TPSA) is 61.1 Å². The fourth-order valence-electron chi connectivity index (χ4n) is 1.40. The quantitative estimate of drug-likeness (QED) is 0.916. The number of carbonyl (C=O) groups is 1. The minimum Gasteiger partial charge on any atom is -0.481 e. The lowest BCUT2D eigenvalue weighted by Gasteiger charge is -2.07. The predicted molar refractivity (Wildman–Crippen MR) is 59.6 cm³/mol. The van der Waals surface area contributed by atoms with Crippen LogP contribution in [0.4, 0.5) is 0 Å². The Morgan fingerprint density at radius 1 is 1.53 bits per heavy atom. The number of aliphatic carboxylic acids is 1. The maximum Gasteiger partial charge on any atom is 0.307 e. The van der Waals surface area contributed by atoms with Gasteiger partial charge < -0.3 is 5.11 Å². The molecule has 0 aliphatic heterocycles. The number of nitrogens with zero attached hydrogens (tertiary/aromatic N) is 1. The van der Waals surface area contributed by atoms with Crippen molar-refractivity contribution < 1.29 is 9.90 Å². The molecule has 4 heteroatoms. The number of hydrogen-bond donors (Lipinski definition) is 1. The fraction of sp³-hybridized carbons (Fsp3) is 0.273. The van der Waals surface area contributed by atoms with E-state index < -0.39 is 5.97 Å². The summed E-state index contributed by atoms with van der Waals surface area (Å²) in [5.74, 6) is -0.860. The fourth-order valence-corrected chi connectivity index (χ4v) is 1.88. The second-order valence-electron chi connectivity index (χ2n) is 3.14. The van der Waals surface area contributed by atoms with Gasteiger partial charge in [0.15, 0.2) is 0 Å². The molecule has 0 aromatic heterocycles. The van der Waals surface area contributed by atoms with Crippen LogP contribution < -0.4 is 0 Å². The van der Waals surface area contributed by atoms with Crippen molar-refractivity contribution in [2.75, 3.05) is 0 Å². The average molecular weight is 268 g/mol. The molecule has 0 radical (unpaired) electrons. The minimum atomic E-state index is -0.860. The van der Waals surface area contributed by atoms with Crippen molar-refractivity contribution in [1.82, 2.24) is 0 Å². The summed E-state index contributed by atoms with van der Waals surface area (Å²) in [4.78, 5) is 10.6. The van der Waals surface area contributed by atoms with Gasteiger partial charge in [0.2, 0.25) is 0 Å². The van der Waals surface area contributed by atoms with Gasteiger partial charge in [-0.05, 0) is 45.6 Å². The lowest BCUT2D eigenvalue weighted by Crippen LogP contribution is -2.04. The highest BCUT2D eigenvalue weighted by Gasteiger charge is 2.09. The Balaban J connectivity index is 3.22. The highest BCUT2D eigenvalue weighted by molar-refractivity contribution is 9.10.